The number of hydrogen-bond acceptors (Lipinski definition) is 1. The van der Waals surface area contributed by atoms with Crippen molar-refractivity contribution in [1.82, 2.24) is 0 Å². The summed E-state index contributed by atoms with van der Waals surface area (Å²) in [4.78, 5) is 2.66. The van der Waals surface area contributed by atoms with Gasteiger partial charge >= 0.3 is 0 Å². The second-order valence-electron chi connectivity index (χ2n) is 2.42. The highest BCUT2D eigenvalue weighted by Crippen LogP contribution is 2.13. The lowest BCUT2D eigenvalue weighted by molar-refractivity contribution is 0.371. The molecule has 1 aromatic rings. The minimum Gasteiger partial charge on any atom is -0.497 e. The van der Waals surface area contributed by atoms with Gasteiger partial charge in [0, 0.05) is 27.1 Å². The summed E-state index contributed by atoms with van der Waals surface area (Å²) in [5, 5.41) is 0. The molecule has 15 heavy (non-hydrogen) atoms. The van der Waals surface area contributed by atoms with E-state index in [0.717, 1.165) is 11.1 Å². The Kier molecular flexibility index (Phi) is 7.49. The van der Waals surface area contributed by atoms with E-state index >= 15 is 0 Å². The molecule has 0 bridgehead atoms. The molecule has 2 heteroatoms. The molecule has 80 valence electrons. The van der Waals surface area contributed by atoms with Crippen LogP contribution >= 0.6 is 15.9 Å². The van der Waals surface area contributed by atoms with E-state index in [2.05, 4.69) is 33.3 Å². The van der Waals surface area contributed by atoms with Crippen LogP contribution in [0.3, 0.4) is 0 Å². The molecular formula is C13H15BrO. The first-order chi connectivity index (χ1) is 7.27. The fourth-order valence-corrected chi connectivity index (χ4v) is 1.14. The molecule has 0 N–H and O–H groups in total. The molecule has 0 atom stereocenters. The fraction of sp³-hybridized carbons (Fsp3) is 0.231. The summed E-state index contributed by atoms with van der Waals surface area (Å²) in [6.07, 6.45) is 0. The van der Waals surface area contributed by atoms with Gasteiger partial charge in [-0.25, -0.2) is 0 Å². The SMILES string of the molecule is C=C(OC)c1ccc(C#CBr)cc1.CC. The van der Waals surface area contributed by atoms with Crippen LogP contribution in [0.1, 0.15) is 25.0 Å². The van der Waals surface area contributed by atoms with Crippen molar-refractivity contribution in [2.75, 3.05) is 7.11 Å². The van der Waals surface area contributed by atoms with Gasteiger partial charge in [-0.1, -0.05) is 38.5 Å². The summed E-state index contributed by atoms with van der Waals surface area (Å²) in [7, 11) is 1.61. The Balaban J connectivity index is 0.000000921. The molecule has 0 aliphatic carbocycles. The largest absolute Gasteiger partial charge is 0.497 e. The molecule has 0 saturated heterocycles. The molecule has 0 heterocycles. The van der Waals surface area contributed by atoms with Gasteiger partial charge in [0.2, 0.25) is 0 Å². The average molecular weight is 267 g/mol. The summed E-state index contributed by atoms with van der Waals surface area (Å²) >= 11 is 3.04. The molecule has 1 aromatic carbocycles. The van der Waals surface area contributed by atoms with E-state index in [9.17, 15) is 0 Å². The third-order valence-corrected chi connectivity index (χ3v) is 1.84. The summed E-state index contributed by atoms with van der Waals surface area (Å²) in [5.41, 5.74) is 1.94. The molecule has 0 saturated carbocycles. The second kappa shape index (κ2) is 8.14. The minimum atomic E-state index is 0.665. The maximum atomic E-state index is 5.00. The van der Waals surface area contributed by atoms with E-state index in [-0.39, 0.29) is 0 Å². The molecule has 0 fully saturated rings. The quantitative estimate of drug-likeness (QED) is 0.580. The van der Waals surface area contributed by atoms with Gasteiger partial charge in [0.1, 0.15) is 5.76 Å². The maximum Gasteiger partial charge on any atom is 0.118 e. The summed E-state index contributed by atoms with van der Waals surface area (Å²) in [5.74, 6) is 3.55. The highest BCUT2D eigenvalue weighted by Gasteiger charge is 1.96. The zero-order valence-corrected chi connectivity index (χ0v) is 10.9. The number of methoxy groups -OCH3 is 1. The van der Waals surface area contributed by atoms with Gasteiger partial charge in [0.15, 0.2) is 0 Å². The number of benzene rings is 1. The molecule has 0 spiro atoms. The number of halogens is 1. The van der Waals surface area contributed by atoms with Crippen LogP contribution in [0.2, 0.25) is 0 Å². The topological polar surface area (TPSA) is 9.23 Å². The van der Waals surface area contributed by atoms with Gasteiger partial charge in [-0.05, 0) is 17.0 Å². The highest BCUT2D eigenvalue weighted by molar-refractivity contribution is 9.12. The van der Waals surface area contributed by atoms with Crippen molar-refractivity contribution in [3.8, 4) is 10.8 Å². The van der Waals surface area contributed by atoms with Crippen LogP contribution in [0.15, 0.2) is 30.8 Å². The lowest BCUT2D eigenvalue weighted by Crippen LogP contribution is -1.84. The summed E-state index contributed by atoms with van der Waals surface area (Å²) in [6.45, 7) is 7.75. The first-order valence-electron chi connectivity index (χ1n) is 4.73. The predicted octanol–water partition coefficient (Wildman–Crippen LogP) is 4.03. The van der Waals surface area contributed by atoms with Crippen molar-refractivity contribution in [2.45, 2.75) is 13.8 Å². The van der Waals surface area contributed by atoms with Gasteiger partial charge in [-0.3, -0.25) is 0 Å². The predicted molar refractivity (Wildman–Crippen MR) is 69.6 cm³/mol. The molecule has 1 rings (SSSR count). The van der Waals surface area contributed by atoms with Crippen LogP contribution in [0.4, 0.5) is 0 Å². The third-order valence-electron chi connectivity index (χ3n) is 1.64. The van der Waals surface area contributed by atoms with E-state index in [1.807, 2.05) is 38.1 Å². The van der Waals surface area contributed by atoms with Gasteiger partial charge in [0.25, 0.3) is 0 Å². The molecular weight excluding hydrogens is 252 g/mol. The molecule has 0 aliphatic heterocycles. The van der Waals surface area contributed by atoms with Crippen molar-refractivity contribution in [1.29, 1.82) is 0 Å². The Bertz CT molecular complexity index is 354. The Morgan fingerprint density at radius 3 is 2.20 bits per heavy atom. The smallest absolute Gasteiger partial charge is 0.118 e. The first kappa shape index (κ1) is 13.8. The van der Waals surface area contributed by atoms with Crippen LogP contribution in [0, 0.1) is 10.8 Å². The number of ether oxygens (including phenoxy) is 1. The van der Waals surface area contributed by atoms with Crippen LogP contribution in [0.25, 0.3) is 5.76 Å². The molecule has 0 radical (unpaired) electrons. The summed E-state index contributed by atoms with van der Waals surface area (Å²) in [6, 6.07) is 7.71. The molecule has 0 aliphatic rings. The molecule has 0 aromatic heterocycles. The Morgan fingerprint density at radius 2 is 1.80 bits per heavy atom. The van der Waals surface area contributed by atoms with Crippen LogP contribution < -0.4 is 0 Å². The third kappa shape index (κ3) is 4.71. The van der Waals surface area contributed by atoms with E-state index in [1.165, 1.54) is 0 Å². The zero-order valence-electron chi connectivity index (χ0n) is 9.30. The van der Waals surface area contributed by atoms with Crippen molar-refractivity contribution in [2.24, 2.45) is 0 Å². The monoisotopic (exact) mass is 266 g/mol. The van der Waals surface area contributed by atoms with Crippen molar-refractivity contribution < 1.29 is 4.74 Å². The van der Waals surface area contributed by atoms with Crippen molar-refractivity contribution in [3.05, 3.63) is 42.0 Å². The van der Waals surface area contributed by atoms with Crippen molar-refractivity contribution in [3.63, 3.8) is 0 Å². The van der Waals surface area contributed by atoms with Crippen molar-refractivity contribution >= 4 is 21.7 Å². The molecule has 0 amide bonds. The summed E-state index contributed by atoms with van der Waals surface area (Å²) < 4.78 is 5.00. The Labute approximate surface area is 100 Å². The Morgan fingerprint density at radius 1 is 1.27 bits per heavy atom. The van der Waals surface area contributed by atoms with E-state index in [1.54, 1.807) is 7.11 Å². The van der Waals surface area contributed by atoms with Gasteiger partial charge < -0.3 is 4.74 Å². The zero-order chi connectivity index (χ0) is 11.7. The second-order valence-corrected chi connectivity index (χ2v) is 2.82. The van der Waals surface area contributed by atoms with Gasteiger partial charge in [0.05, 0.1) is 7.11 Å². The van der Waals surface area contributed by atoms with Crippen LogP contribution in [-0.2, 0) is 4.74 Å². The Hall–Kier alpha value is -1.20. The normalized spacial score (nSPS) is 7.73. The highest BCUT2D eigenvalue weighted by atomic mass is 79.9. The first-order valence-corrected chi connectivity index (χ1v) is 5.52. The standard InChI is InChI=1S/C11H9BrO.C2H6/c1-9(13-2)11-5-3-10(4-6-11)7-8-12;1-2/h3-6H,1H2,2H3;1-2H3. The van der Waals surface area contributed by atoms with Crippen LogP contribution in [0.5, 0.6) is 0 Å². The van der Waals surface area contributed by atoms with Gasteiger partial charge in [-0.15, -0.1) is 0 Å². The molecule has 0 unspecified atom stereocenters. The van der Waals surface area contributed by atoms with E-state index in [0.29, 0.717) is 5.76 Å². The number of rotatable bonds is 2. The van der Waals surface area contributed by atoms with Gasteiger partial charge in [-0.2, -0.15) is 0 Å². The molecule has 1 nitrogen and oxygen atoms in total. The van der Waals surface area contributed by atoms with Crippen LogP contribution in [-0.4, -0.2) is 7.11 Å². The minimum absolute atomic E-state index is 0.665. The fourth-order valence-electron chi connectivity index (χ4n) is 0.912. The van der Waals surface area contributed by atoms with E-state index in [4.69, 9.17) is 4.74 Å². The average Bonchev–Trinajstić information content (AvgIpc) is 2.32. The maximum absolute atomic E-state index is 5.00. The lowest BCUT2D eigenvalue weighted by Gasteiger charge is -2.03. The number of hydrogen-bond donors (Lipinski definition) is 0. The van der Waals surface area contributed by atoms with E-state index < -0.39 is 0 Å². The lowest BCUT2D eigenvalue weighted by atomic mass is 10.1.